The van der Waals surface area contributed by atoms with Gasteiger partial charge in [-0.3, -0.25) is 5.41 Å². The highest BCUT2D eigenvalue weighted by molar-refractivity contribution is 7.89. The Kier molecular flexibility index (Phi) is 3.98. The second-order valence-corrected chi connectivity index (χ2v) is 6.63. The van der Waals surface area contributed by atoms with Gasteiger partial charge in [0.1, 0.15) is 23.3 Å². The number of amidine groups is 1. The molecule has 0 unspecified atom stereocenters. The molecule has 9 heteroatoms. The van der Waals surface area contributed by atoms with E-state index in [0.29, 0.717) is 12.8 Å². The Morgan fingerprint density at radius 2 is 1.67 bits per heavy atom. The maximum Gasteiger partial charge on any atom is 0.247 e. The number of hydrogen-bond acceptors (Lipinski definition) is 3. The molecule has 0 aliphatic heterocycles. The summed E-state index contributed by atoms with van der Waals surface area (Å²) < 4.78 is 66.6. The van der Waals surface area contributed by atoms with E-state index < -0.39 is 43.7 Å². The van der Waals surface area contributed by atoms with E-state index >= 15 is 0 Å². The summed E-state index contributed by atoms with van der Waals surface area (Å²) in [6, 6.07) is 0.569. The van der Waals surface area contributed by atoms with Gasteiger partial charge in [-0.25, -0.2) is 21.6 Å². The van der Waals surface area contributed by atoms with Crippen LogP contribution in [0.15, 0.2) is 17.0 Å². The van der Waals surface area contributed by atoms with E-state index in [2.05, 4.69) is 4.72 Å². The van der Waals surface area contributed by atoms with Crippen LogP contribution in [0.1, 0.15) is 25.7 Å². The minimum atomic E-state index is -4.61. The first-order valence-corrected chi connectivity index (χ1v) is 7.69. The average Bonchev–Trinajstić information content (AvgIpc) is 2.75. The number of nitrogens with one attached hydrogen (secondary N) is 2. The van der Waals surface area contributed by atoms with Gasteiger partial charge in [-0.15, -0.1) is 0 Å². The summed E-state index contributed by atoms with van der Waals surface area (Å²) in [5.41, 5.74) is 4.09. The molecule has 0 amide bonds. The van der Waals surface area contributed by atoms with Crippen LogP contribution in [0.3, 0.4) is 0 Å². The molecule has 1 aromatic rings. The number of rotatable bonds is 4. The first-order chi connectivity index (χ1) is 9.68. The van der Waals surface area contributed by atoms with Crippen LogP contribution in [-0.2, 0) is 10.0 Å². The third-order valence-corrected chi connectivity index (χ3v) is 5.12. The molecule has 0 bridgehead atoms. The predicted octanol–water partition coefficient (Wildman–Crippen LogP) is 1.63. The number of halogens is 3. The Morgan fingerprint density at radius 3 is 2.10 bits per heavy atom. The largest absolute Gasteiger partial charge is 0.386 e. The Balaban J connectivity index is 2.46. The minimum Gasteiger partial charge on any atom is -0.386 e. The second kappa shape index (κ2) is 5.30. The van der Waals surface area contributed by atoms with Crippen molar-refractivity contribution in [3.63, 3.8) is 0 Å². The fourth-order valence-electron chi connectivity index (χ4n) is 2.50. The summed E-state index contributed by atoms with van der Waals surface area (Å²) in [4.78, 5) is -1.27. The van der Waals surface area contributed by atoms with Crippen LogP contribution in [0.5, 0.6) is 0 Å². The molecule has 1 aliphatic rings. The Labute approximate surface area is 119 Å². The van der Waals surface area contributed by atoms with Crippen molar-refractivity contribution in [2.75, 3.05) is 0 Å². The topological polar surface area (TPSA) is 96.0 Å². The smallest absolute Gasteiger partial charge is 0.247 e. The molecule has 0 aromatic heterocycles. The molecule has 1 fully saturated rings. The van der Waals surface area contributed by atoms with Gasteiger partial charge in [0, 0.05) is 12.1 Å². The Hall–Kier alpha value is -1.61. The normalized spacial score (nSPS) is 17.9. The van der Waals surface area contributed by atoms with Crippen LogP contribution < -0.4 is 10.5 Å². The summed E-state index contributed by atoms with van der Waals surface area (Å²) in [7, 11) is -4.61. The van der Waals surface area contributed by atoms with E-state index in [4.69, 9.17) is 11.1 Å². The fraction of sp³-hybridized carbons (Fsp3) is 0.417. The lowest BCUT2D eigenvalue weighted by atomic mass is 9.98. The Bertz CT molecular complexity index is 662. The molecule has 5 nitrogen and oxygen atoms in total. The van der Waals surface area contributed by atoms with Crippen LogP contribution in [0.25, 0.3) is 0 Å². The molecule has 1 aliphatic carbocycles. The molecule has 0 spiro atoms. The van der Waals surface area contributed by atoms with Gasteiger partial charge in [-0.05, 0) is 12.8 Å². The highest BCUT2D eigenvalue weighted by Crippen LogP contribution is 2.32. The number of benzene rings is 1. The molecule has 1 aromatic carbocycles. The highest BCUT2D eigenvalue weighted by Gasteiger charge is 2.42. The van der Waals surface area contributed by atoms with Gasteiger partial charge < -0.3 is 5.73 Å². The first kappa shape index (κ1) is 15.8. The number of hydrogen-bond donors (Lipinski definition) is 3. The number of sulfonamides is 1. The van der Waals surface area contributed by atoms with Crippen molar-refractivity contribution < 1.29 is 21.6 Å². The SMILES string of the molecule is N=C(N)C1(NS(=O)(=O)c2c(F)cc(F)cc2F)CCCC1. The first-order valence-electron chi connectivity index (χ1n) is 6.21. The van der Waals surface area contributed by atoms with E-state index in [-0.39, 0.29) is 25.0 Å². The fourth-order valence-corrected chi connectivity index (χ4v) is 4.06. The zero-order valence-corrected chi connectivity index (χ0v) is 11.7. The van der Waals surface area contributed by atoms with Crippen LogP contribution in [0, 0.1) is 22.9 Å². The molecule has 4 N–H and O–H groups in total. The summed E-state index contributed by atoms with van der Waals surface area (Å²) >= 11 is 0. The molecule has 1 saturated carbocycles. The van der Waals surface area contributed by atoms with Crippen molar-refractivity contribution in [3.8, 4) is 0 Å². The molecule has 0 heterocycles. The minimum absolute atomic E-state index is 0.270. The van der Waals surface area contributed by atoms with Crippen molar-refractivity contribution in [3.05, 3.63) is 29.6 Å². The average molecular weight is 321 g/mol. The number of nitrogens with two attached hydrogens (primary N) is 1. The standard InChI is InChI=1S/C12H14F3N3O2S/c13-7-5-8(14)10(9(15)6-7)21(19,20)18-12(11(16)17)3-1-2-4-12/h5-6,18H,1-4H2,(H3,16,17). The summed E-state index contributed by atoms with van der Waals surface area (Å²) in [6.45, 7) is 0. The quantitative estimate of drug-likeness (QED) is 0.581. The molecule has 0 atom stereocenters. The van der Waals surface area contributed by atoms with Crippen molar-refractivity contribution in [2.45, 2.75) is 36.1 Å². The summed E-state index contributed by atoms with van der Waals surface area (Å²) in [5, 5.41) is 7.53. The van der Waals surface area contributed by atoms with Gasteiger partial charge in [0.25, 0.3) is 0 Å². The third-order valence-electron chi connectivity index (χ3n) is 3.53. The Morgan fingerprint density at radius 1 is 1.19 bits per heavy atom. The molecule has 2 rings (SSSR count). The molecular formula is C12H14F3N3O2S. The van der Waals surface area contributed by atoms with Crippen LogP contribution >= 0.6 is 0 Å². The maximum absolute atomic E-state index is 13.6. The van der Waals surface area contributed by atoms with Gasteiger partial charge in [-0.2, -0.15) is 4.72 Å². The molecule has 21 heavy (non-hydrogen) atoms. The van der Waals surface area contributed by atoms with Crippen molar-refractivity contribution in [1.82, 2.24) is 4.72 Å². The van der Waals surface area contributed by atoms with Crippen LogP contribution in [-0.4, -0.2) is 19.8 Å². The molecule has 0 saturated heterocycles. The van der Waals surface area contributed by atoms with Gasteiger partial charge in [0.2, 0.25) is 10.0 Å². The zero-order chi connectivity index (χ0) is 15.8. The van der Waals surface area contributed by atoms with E-state index in [1.54, 1.807) is 0 Å². The second-order valence-electron chi connectivity index (χ2n) is 5.01. The van der Waals surface area contributed by atoms with Crippen molar-refractivity contribution in [2.24, 2.45) is 5.73 Å². The van der Waals surface area contributed by atoms with E-state index in [0.717, 1.165) is 0 Å². The third kappa shape index (κ3) is 2.88. The van der Waals surface area contributed by atoms with Gasteiger partial charge in [0.05, 0.1) is 5.54 Å². The van der Waals surface area contributed by atoms with Crippen LogP contribution in [0.2, 0.25) is 0 Å². The lowest BCUT2D eigenvalue weighted by Gasteiger charge is -2.28. The van der Waals surface area contributed by atoms with Crippen molar-refractivity contribution >= 4 is 15.9 Å². The highest BCUT2D eigenvalue weighted by atomic mass is 32.2. The lowest BCUT2D eigenvalue weighted by molar-refractivity contribution is 0.471. The van der Waals surface area contributed by atoms with Crippen molar-refractivity contribution in [1.29, 1.82) is 5.41 Å². The van der Waals surface area contributed by atoms with E-state index in [1.165, 1.54) is 0 Å². The van der Waals surface area contributed by atoms with Gasteiger partial charge >= 0.3 is 0 Å². The van der Waals surface area contributed by atoms with Gasteiger partial charge in [0.15, 0.2) is 4.90 Å². The summed E-state index contributed by atoms with van der Waals surface area (Å²) in [5.74, 6) is -4.69. The predicted molar refractivity (Wildman–Crippen MR) is 69.8 cm³/mol. The molecule has 0 radical (unpaired) electrons. The zero-order valence-electron chi connectivity index (χ0n) is 10.9. The van der Waals surface area contributed by atoms with E-state index in [1.807, 2.05) is 0 Å². The van der Waals surface area contributed by atoms with Gasteiger partial charge in [-0.1, -0.05) is 12.8 Å². The lowest BCUT2D eigenvalue weighted by Crippen LogP contribution is -2.55. The molecular weight excluding hydrogens is 307 g/mol. The maximum atomic E-state index is 13.6. The molecule has 116 valence electrons. The van der Waals surface area contributed by atoms with E-state index in [9.17, 15) is 21.6 Å². The monoisotopic (exact) mass is 321 g/mol. The summed E-state index contributed by atoms with van der Waals surface area (Å²) in [6.07, 6.45) is 1.81. The van der Waals surface area contributed by atoms with Crippen LogP contribution in [0.4, 0.5) is 13.2 Å².